The molecule has 2 unspecified atom stereocenters. The molecule has 1 heterocycles. The van der Waals surface area contributed by atoms with Gasteiger partial charge in [0, 0.05) is 4.48 Å². The molecule has 1 aliphatic carbocycles. The topological polar surface area (TPSA) is 70.1 Å². The molecule has 0 bridgehead atoms. The summed E-state index contributed by atoms with van der Waals surface area (Å²) in [6.07, 6.45) is 1.45. The number of hydrogen-bond donors (Lipinski definition) is 2. The van der Waals surface area contributed by atoms with E-state index in [1.165, 1.54) is 6.08 Å². The quantitative estimate of drug-likeness (QED) is 0.533. The van der Waals surface area contributed by atoms with Crippen molar-refractivity contribution in [2.24, 2.45) is 0 Å². The number of epoxide rings is 1. The van der Waals surface area contributed by atoms with Gasteiger partial charge in [0.25, 0.3) is 0 Å². The molecule has 0 saturated carbocycles. The van der Waals surface area contributed by atoms with E-state index in [1.54, 1.807) is 0 Å². The third-order valence-electron chi connectivity index (χ3n) is 2.13. The van der Waals surface area contributed by atoms with Crippen molar-refractivity contribution in [3.8, 4) is 0 Å². The summed E-state index contributed by atoms with van der Waals surface area (Å²) < 4.78 is 4.46. The van der Waals surface area contributed by atoms with E-state index in [1.807, 2.05) is 0 Å². The maximum Gasteiger partial charge on any atom is 0.345 e. The van der Waals surface area contributed by atoms with E-state index >= 15 is 0 Å². The molecular weight excluding hydrogens is 388 g/mol. The highest BCUT2D eigenvalue weighted by molar-refractivity contribution is 9.12. The molecule has 2 N–H and O–H groups in total. The van der Waals surface area contributed by atoms with Gasteiger partial charge in [-0.2, -0.15) is 0 Å². The minimum atomic E-state index is -1.53. The SMILES string of the molecule is O=C(O)C12OC1(Br)C(O)=C(Br)C=C2Br. The number of aliphatic hydroxyl groups excluding tert-OH is 1. The van der Waals surface area contributed by atoms with Crippen LogP contribution in [0.25, 0.3) is 0 Å². The number of carboxylic acid groups (broad SMARTS) is 1. The van der Waals surface area contributed by atoms with Crippen LogP contribution in [0.2, 0.25) is 0 Å². The fourth-order valence-corrected chi connectivity index (χ4v) is 4.27. The Bertz CT molecular complexity index is 402. The minimum absolute atomic E-state index is 0.178. The van der Waals surface area contributed by atoms with Crippen molar-refractivity contribution in [1.82, 2.24) is 0 Å². The third-order valence-corrected chi connectivity index (χ3v) is 4.61. The number of carboxylic acids is 1. The first-order valence-corrected chi connectivity index (χ1v) is 5.83. The predicted molar refractivity (Wildman–Crippen MR) is 58.7 cm³/mol. The van der Waals surface area contributed by atoms with Crippen molar-refractivity contribution in [2.45, 2.75) is 10.1 Å². The average Bonchev–Trinajstić information content (AvgIpc) is 2.73. The van der Waals surface area contributed by atoms with Crippen molar-refractivity contribution in [1.29, 1.82) is 0 Å². The summed E-state index contributed by atoms with van der Waals surface area (Å²) in [5.41, 5.74) is -1.53. The first kappa shape index (κ1) is 10.7. The van der Waals surface area contributed by atoms with E-state index in [9.17, 15) is 9.90 Å². The van der Waals surface area contributed by atoms with E-state index in [2.05, 4.69) is 47.8 Å². The molecule has 0 amide bonds. The van der Waals surface area contributed by atoms with Crippen LogP contribution in [-0.4, -0.2) is 26.3 Å². The molecule has 2 aliphatic rings. The Morgan fingerprint density at radius 1 is 1.50 bits per heavy atom. The van der Waals surface area contributed by atoms with Crippen LogP contribution in [0.5, 0.6) is 0 Å². The molecule has 1 saturated heterocycles. The summed E-state index contributed by atoms with van der Waals surface area (Å²) >= 11 is 9.25. The zero-order valence-electron chi connectivity index (χ0n) is 6.42. The molecule has 0 spiro atoms. The predicted octanol–water partition coefficient (Wildman–Crippen LogP) is 2.39. The molecule has 14 heavy (non-hydrogen) atoms. The number of halogens is 3. The summed E-state index contributed by atoms with van der Waals surface area (Å²) in [7, 11) is 0. The lowest BCUT2D eigenvalue weighted by Crippen LogP contribution is -2.34. The van der Waals surface area contributed by atoms with Crippen molar-refractivity contribution in [3.63, 3.8) is 0 Å². The lowest BCUT2D eigenvalue weighted by atomic mass is 9.99. The normalized spacial score (nSPS) is 40.4. The van der Waals surface area contributed by atoms with Gasteiger partial charge in [-0.1, -0.05) is 15.9 Å². The number of allylic oxidation sites excluding steroid dienone is 2. The van der Waals surface area contributed by atoms with Crippen molar-refractivity contribution in [3.05, 3.63) is 20.8 Å². The summed E-state index contributed by atoms with van der Waals surface area (Å²) in [6.45, 7) is 0. The molecule has 4 nitrogen and oxygen atoms in total. The minimum Gasteiger partial charge on any atom is -0.507 e. The number of fused-ring (bicyclic) bond motifs is 1. The van der Waals surface area contributed by atoms with Crippen molar-refractivity contribution >= 4 is 53.8 Å². The lowest BCUT2D eigenvalue weighted by Gasteiger charge is -2.16. The van der Waals surface area contributed by atoms with Crippen LogP contribution in [0.4, 0.5) is 0 Å². The summed E-state index contributed by atoms with van der Waals surface area (Å²) in [4.78, 5) is 11.0. The fourth-order valence-electron chi connectivity index (χ4n) is 1.32. The van der Waals surface area contributed by atoms with Crippen LogP contribution in [0.1, 0.15) is 0 Å². The number of aliphatic hydroxyl groups is 1. The molecule has 0 aromatic heterocycles. The standard InChI is InChI=1S/C7H3Br3O4/c8-2-1-3(9)6(5(12)13)7(10,14-6)4(2)11/h1,11H,(H,12,13). The van der Waals surface area contributed by atoms with Crippen LogP contribution in [-0.2, 0) is 9.53 Å². The van der Waals surface area contributed by atoms with Gasteiger partial charge < -0.3 is 14.9 Å². The number of alkyl halides is 1. The van der Waals surface area contributed by atoms with Gasteiger partial charge in [-0.3, -0.25) is 0 Å². The van der Waals surface area contributed by atoms with Crippen molar-refractivity contribution in [2.75, 3.05) is 0 Å². The summed E-state index contributed by atoms with van der Waals surface area (Å²) in [6, 6.07) is 0. The van der Waals surface area contributed by atoms with E-state index in [4.69, 9.17) is 9.84 Å². The van der Waals surface area contributed by atoms with Gasteiger partial charge >= 0.3 is 5.97 Å². The first-order valence-electron chi connectivity index (χ1n) is 3.45. The van der Waals surface area contributed by atoms with Gasteiger partial charge in [0.2, 0.25) is 10.1 Å². The number of hydrogen-bond acceptors (Lipinski definition) is 3. The zero-order chi connectivity index (χ0) is 10.7. The van der Waals surface area contributed by atoms with Crippen LogP contribution in [0.15, 0.2) is 20.8 Å². The van der Waals surface area contributed by atoms with E-state index in [0.29, 0.717) is 8.96 Å². The fraction of sp³-hybridized carbons (Fsp3) is 0.286. The van der Waals surface area contributed by atoms with Crippen LogP contribution < -0.4 is 0 Å². The molecule has 76 valence electrons. The van der Waals surface area contributed by atoms with Gasteiger partial charge in [-0.05, 0) is 37.9 Å². The van der Waals surface area contributed by atoms with Gasteiger partial charge in [-0.25, -0.2) is 4.79 Å². The number of carbonyl (C=O) groups is 1. The highest BCUT2D eigenvalue weighted by Gasteiger charge is 2.80. The molecule has 2 atom stereocenters. The third kappa shape index (κ3) is 0.986. The maximum atomic E-state index is 11.0. The second-order valence-corrected chi connectivity index (χ2v) is 5.70. The van der Waals surface area contributed by atoms with Gasteiger partial charge in [0.1, 0.15) is 0 Å². The Morgan fingerprint density at radius 2 is 2.07 bits per heavy atom. The van der Waals surface area contributed by atoms with Crippen LogP contribution >= 0.6 is 47.8 Å². The molecular formula is C7H3Br3O4. The number of ether oxygens (including phenoxy) is 1. The van der Waals surface area contributed by atoms with E-state index < -0.39 is 16.1 Å². The zero-order valence-corrected chi connectivity index (χ0v) is 11.2. The lowest BCUT2D eigenvalue weighted by molar-refractivity contribution is -0.141. The summed E-state index contributed by atoms with van der Waals surface area (Å²) in [5, 5.41) is 18.6. The monoisotopic (exact) mass is 388 g/mol. The van der Waals surface area contributed by atoms with E-state index in [-0.39, 0.29) is 5.76 Å². The number of aliphatic carboxylic acids is 1. The number of rotatable bonds is 1. The van der Waals surface area contributed by atoms with Crippen LogP contribution in [0.3, 0.4) is 0 Å². The second kappa shape index (κ2) is 2.84. The second-order valence-electron chi connectivity index (χ2n) is 2.87. The summed E-state index contributed by atoms with van der Waals surface area (Å²) in [5.74, 6) is -1.34. The largest absolute Gasteiger partial charge is 0.507 e. The Morgan fingerprint density at radius 3 is 2.57 bits per heavy atom. The van der Waals surface area contributed by atoms with E-state index in [0.717, 1.165) is 0 Å². The Kier molecular flexibility index (Phi) is 2.16. The van der Waals surface area contributed by atoms with Gasteiger partial charge in [0.05, 0.1) is 4.48 Å². The Labute approximate surface area is 104 Å². The molecule has 1 aliphatic heterocycles. The Balaban J connectivity index is 2.58. The average molecular weight is 391 g/mol. The smallest absolute Gasteiger partial charge is 0.345 e. The van der Waals surface area contributed by atoms with Crippen LogP contribution in [0, 0.1) is 0 Å². The molecule has 2 rings (SSSR count). The molecule has 1 fully saturated rings. The highest BCUT2D eigenvalue weighted by Crippen LogP contribution is 2.65. The Hall–Kier alpha value is 0.150. The molecule has 0 aromatic rings. The molecule has 0 aromatic carbocycles. The van der Waals surface area contributed by atoms with Crippen molar-refractivity contribution < 1.29 is 19.7 Å². The maximum absolute atomic E-state index is 11.0. The molecule has 7 heteroatoms. The highest BCUT2D eigenvalue weighted by atomic mass is 79.9. The molecule has 0 radical (unpaired) electrons. The van der Waals surface area contributed by atoms with Gasteiger partial charge in [-0.15, -0.1) is 0 Å². The van der Waals surface area contributed by atoms with Gasteiger partial charge in [0.15, 0.2) is 5.76 Å². The first-order chi connectivity index (χ1) is 6.36.